The maximum absolute atomic E-state index is 11.9. The summed E-state index contributed by atoms with van der Waals surface area (Å²) < 4.78 is 27.5. The number of nitrogens with two attached hydrogens (primary N) is 1. The van der Waals surface area contributed by atoms with Crippen molar-refractivity contribution in [3.05, 3.63) is 29.8 Å². The second kappa shape index (κ2) is 7.53. The lowest BCUT2D eigenvalue weighted by molar-refractivity contribution is -0.105. The van der Waals surface area contributed by atoms with Crippen LogP contribution in [0.3, 0.4) is 0 Å². The Kier molecular flexibility index (Phi) is 6.25. The zero-order valence-corrected chi connectivity index (χ0v) is 14.3. The molecule has 1 amide bonds. The molecular weight excluding hydrogens is 322 g/mol. The van der Waals surface area contributed by atoms with Gasteiger partial charge in [-0.3, -0.25) is 9.83 Å². The van der Waals surface area contributed by atoms with E-state index in [9.17, 15) is 13.2 Å². The number of hydroxylamine groups is 2. The molecule has 128 valence electrons. The van der Waals surface area contributed by atoms with Crippen LogP contribution in [0, 0.1) is 0 Å². The normalized spacial score (nSPS) is 12.4. The molecule has 0 heterocycles. The molecule has 0 atom stereocenters. The number of primary sulfonamides is 1. The quantitative estimate of drug-likeness (QED) is 0.496. The minimum atomic E-state index is -3.74. The second-order valence-electron chi connectivity index (χ2n) is 5.64. The Labute approximate surface area is 135 Å². The van der Waals surface area contributed by atoms with E-state index >= 15 is 0 Å². The van der Waals surface area contributed by atoms with Crippen molar-refractivity contribution in [3.63, 3.8) is 0 Å². The average molecular weight is 343 g/mol. The molecule has 0 saturated carbocycles. The monoisotopic (exact) mass is 343 g/mol. The van der Waals surface area contributed by atoms with Crippen molar-refractivity contribution in [2.24, 2.45) is 10.1 Å². The largest absolute Gasteiger partial charge is 0.442 e. The van der Waals surface area contributed by atoms with Crippen LogP contribution >= 0.6 is 0 Å². The van der Waals surface area contributed by atoms with E-state index in [1.54, 1.807) is 20.8 Å². The third-order valence-corrected chi connectivity index (χ3v) is 3.35. The minimum Gasteiger partial charge on any atom is -0.442 e. The number of rotatable bonds is 5. The first-order valence-corrected chi connectivity index (χ1v) is 8.27. The molecule has 1 rings (SSSR count). The number of hydrogen-bond donors (Lipinski definition) is 1. The highest BCUT2D eigenvalue weighted by atomic mass is 32.2. The molecule has 0 bridgehead atoms. The van der Waals surface area contributed by atoms with E-state index in [-0.39, 0.29) is 11.5 Å². The van der Waals surface area contributed by atoms with Gasteiger partial charge in [0.2, 0.25) is 10.0 Å². The van der Waals surface area contributed by atoms with Gasteiger partial charge < -0.3 is 4.74 Å². The van der Waals surface area contributed by atoms with Crippen molar-refractivity contribution in [1.82, 2.24) is 5.06 Å². The van der Waals surface area contributed by atoms with E-state index < -0.39 is 21.7 Å². The van der Waals surface area contributed by atoms with Crippen LogP contribution in [0.15, 0.2) is 34.2 Å². The lowest BCUT2D eigenvalue weighted by Gasteiger charge is -2.24. The van der Waals surface area contributed by atoms with Gasteiger partial charge >= 0.3 is 6.09 Å². The fourth-order valence-corrected chi connectivity index (χ4v) is 1.98. The highest BCUT2D eigenvalue weighted by molar-refractivity contribution is 7.89. The molecule has 9 heteroatoms. The third kappa shape index (κ3) is 6.76. The maximum atomic E-state index is 11.9. The van der Waals surface area contributed by atoms with Crippen LogP contribution in [0.2, 0.25) is 0 Å². The van der Waals surface area contributed by atoms with Gasteiger partial charge in [0.25, 0.3) is 0 Å². The summed E-state index contributed by atoms with van der Waals surface area (Å²) in [5.41, 5.74) is -0.0207. The van der Waals surface area contributed by atoms with Gasteiger partial charge in [0, 0.05) is 7.05 Å². The Morgan fingerprint density at radius 1 is 1.30 bits per heavy atom. The number of aliphatic imine (C=N–C) groups is 1. The molecule has 2 N–H and O–H groups in total. The summed E-state index contributed by atoms with van der Waals surface area (Å²) in [7, 11) is -2.25. The molecule has 0 saturated heterocycles. The first kappa shape index (κ1) is 19.1. The molecule has 1 aromatic carbocycles. The summed E-state index contributed by atoms with van der Waals surface area (Å²) >= 11 is 0. The Hall–Kier alpha value is -1.97. The summed E-state index contributed by atoms with van der Waals surface area (Å²) in [6, 6.07) is 5.80. The van der Waals surface area contributed by atoms with Crippen LogP contribution in [0.25, 0.3) is 0 Å². The summed E-state index contributed by atoms with van der Waals surface area (Å²) in [4.78, 5) is 21.0. The van der Waals surface area contributed by atoms with Crippen LogP contribution < -0.4 is 5.14 Å². The highest BCUT2D eigenvalue weighted by Gasteiger charge is 2.22. The van der Waals surface area contributed by atoms with Crippen molar-refractivity contribution in [1.29, 1.82) is 0 Å². The number of hydrogen-bond acceptors (Lipinski definition) is 6. The van der Waals surface area contributed by atoms with Crippen LogP contribution in [0.1, 0.15) is 26.3 Å². The molecule has 0 aliphatic rings. The highest BCUT2D eigenvalue weighted by Crippen LogP contribution is 2.12. The standard InChI is InChI=1S/C14H21N3O5S/c1-14(2,3)22-13(18)17(10-16-4)21-9-11-5-7-12(8-6-11)23(15,19)20/h5-8,10H,9H2,1-4H3,(H2,15,19,20). The van der Waals surface area contributed by atoms with Crippen LogP contribution in [0.4, 0.5) is 4.79 Å². The van der Waals surface area contributed by atoms with Gasteiger partial charge in [-0.2, -0.15) is 0 Å². The topological polar surface area (TPSA) is 111 Å². The van der Waals surface area contributed by atoms with Gasteiger partial charge in [-0.15, -0.1) is 5.06 Å². The predicted octanol–water partition coefficient (Wildman–Crippen LogP) is 1.66. The summed E-state index contributed by atoms with van der Waals surface area (Å²) in [6.45, 7) is 5.23. The molecule has 0 fully saturated rings. The Morgan fingerprint density at radius 2 is 1.87 bits per heavy atom. The Morgan fingerprint density at radius 3 is 2.30 bits per heavy atom. The summed E-state index contributed by atoms with van der Waals surface area (Å²) in [5.74, 6) is 0. The maximum Gasteiger partial charge on any atom is 0.440 e. The molecule has 0 aliphatic heterocycles. The van der Waals surface area contributed by atoms with E-state index in [0.29, 0.717) is 5.56 Å². The summed E-state index contributed by atoms with van der Waals surface area (Å²) in [5, 5.41) is 5.90. The SMILES string of the molecule is CN=CN(OCc1ccc(S(N)(=O)=O)cc1)C(=O)OC(C)(C)C. The number of ether oxygens (including phenoxy) is 1. The number of carbonyl (C=O) groups is 1. The molecule has 8 nitrogen and oxygen atoms in total. The molecule has 0 spiro atoms. The van der Waals surface area contributed by atoms with Gasteiger partial charge in [0.15, 0.2) is 0 Å². The van der Waals surface area contributed by atoms with Crippen molar-refractivity contribution >= 4 is 22.5 Å². The number of sulfonamides is 1. The molecule has 1 aromatic rings. The van der Waals surface area contributed by atoms with Crippen LogP contribution in [-0.2, 0) is 26.2 Å². The Balaban J connectivity index is 2.74. The third-order valence-electron chi connectivity index (χ3n) is 2.42. The van der Waals surface area contributed by atoms with E-state index in [1.165, 1.54) is 37.7 Å². The fraction of sp³-hybridized carbons (Fsp3) is 0.429. The van der Waals surface area contributed by atoms with Crippen LogP contribution in [-0.4, -0.2) is 38.6 Å². The molecule has 23 heavy (non-hydrogen) atoms. The molecular formula is C14H21N3O5S. The second-order valence-corrected chi connectivity index (χ2v) is 7.20. The zero-order chi connectivity index (χ0) is 17.7. The van der Waals surface area contributed by atoms with Gasteiger partial charge in [0.1, 0.15) is 18.5 Å². The fourth-order valence-electron chi connectivity index (χ4n) is 1.46. The predicted molar refractivity (Wildman–Crippen MR) is 85.1 cm³/mol. The smallest absolute Gasteiger partial charge is 0.440 e. The van der Waals surface area contributed by atoms with E-state index in [0.717, 1.165) is 5.06 Å². The number of amides is 1. The van der Waals surface area contributed by atoms with Crippen molar-refractivity contribution in [3.8, 4) is 0 Å². The molecule has 0 aromatic heterocycles. The van der Waals surface area contributed by atoms with Gasteiger partial charge in [-0.05, 0) is 38.5 Å². The molecule has 0 radical (unpaired) electrons. The van der Waals surface area contributed by atoms with Crippen LogP contribution in [0.5, 0.6) is 0 Å². The van der Waals surface area contributed by atoms with Gasteiger partial charge in [0.05, 0.1) is 4.90 Å². The minimum absolute atomic E-state index is 0.000342. The van der Waals surface area contributed by atoms with Crippen molar-refractivity contribution < 1.29 is 22.8 Å². The number of carbonyl (C=O) groups excluding carboxylic acids is 1. The van der Waals surface area contributed by atoms with Gasteiger partial charge in [-0.25, -0.2) is 18.4 Å². The molecule has 0 aliphatic carbocycles. The lowest BCUT2D eigenvalue weighted by Crippen LogP contribution is -2.36. The lowest BCUT2D eigenvalue weighted by atomic mass is 10.2. The number of nitrogens with zero attached hydrogens (tertiary/aromatic N) is 2. The van der Waals surface area contributed by atoms with Crippen molar-refractivity contribution in [2.45, 2.75) is 37.9 Å². The first-order valence-electron chi connectivity index (χ1n) is 6.72. The molecule has 0 unspecified atom stereocenters. The average Bonchev–Trinajstić information content (AvgIpc) is 2.41. The summed E-state index contributed by atoms with van der Waals surface area (Å²) in [6.07, 6.45) is 0.483. The Bertz CT molecular complexity index is 663. The van der Waals surface area contributed by atoms with E-state index in [1.807, 2.05) is 0 Å². The van der Waals surface area contributed by atoms with Gasteiger partial charge in [-0.1, -0.05) is 12.1 Å². The number of benzene rings is 1. The van der Waals surface area contributed by atoms with E-state index in [2.05, 4.69) is 4.99 Å². The zero-order valence-electron chi connectivity index (χ0n) is 13.5. The van der Waals surface area contributed by atoms with Crippen molar-refractivity contribution in [2.75, 3.05) is 7.05 Å². The first-order chi connectivity index (χ1) is 10.5. The van der Waals surface area contributed by atoms with E-state index in [4.69, 9.17) is 14.7 Å².